The van der Waals surface area contributed by atoms with Gasteiger partial charge in [-0.25, -0.2) is 0 Å². The fraction of sp³-hybridized carbons (Fsp3) is 0.385. The molecule has 0 bridgehead atoms. The number of carbonyl (C=O) groups excluding carboxylic acids is 2. The van der Waals surface area contributed by atoms with Gasteiger partial charge in [-0.05, 0) is 13.8 Å². The maximum atomic E-state index is 12.2. The second-order valence-electron chi connectivity index (χ2n) is 3.35. The van der Waals surface area contributed by atoms with Crippen molar-refractivity contribution >= 4 is 12.1 Å². The molecule has 4 nitrogen and oxygen atoms in total. The van der Waals surface area contributed by atoms with Crippen LogP contribution in [-0.4, -0.2) is 31.1 Å². The molecule has 1 aromatic carbocycles. The molecule has 1 rings (SSSR count). The molecule has 0 N–H and O–H groups in total. The summed E-state index contributed by atoms with van der Waals surface area (Å²) >= 11 is 0. The number of ether oxygens (including phenoxy) is 2. The zero-order valence-electron chi connectivity index (χ0n) is 10.0. The standard InChI is InChI=1S/C13H16O4/c1-3-16-13(10-14,17-4-2)12(15)11-8-6-5-7-9-11/h5-10H,3-4H2,1-2H3. The van der Waals surface area contributed by atoms with Gasteiger partial charge < -0.3 is 9.47 Å². The number of aldehydes is 1. The highest BCUT2D eigenvalue weighted by molar-refractivity contribution is 6.10. The molecular formula is C13H16O4. The predicted octanol–water partition coefficient (Wildman–Crippen LogP) is 1.84. The van der Waals surface area contributed by atoms with E-state index in [0.29, 0.717) is 11.8 Å². The lowest BCUT2D eigenvalue weighted by molar-refractivity contribution is -0.189. The third kappa shape index (κ3) is 2.99. The van der Waals surface area contributed by atoms with E-state index in [-0.39, 0.29) is 13.2 Å². The molecule has 0 aliphatic rings. The van der Waals surface area contributed by atoms with Gasteiger partial charge in [0.25, 0.3) is 5.79 Å². The summed E-state index contributed by atoms with van der Waals surface area (Å²) in [6.45, 7) is 3.85. The topological polar surface area (TPSA) is 52.6 Å². The number of Topliss-reactive ketones (excluding diaryl/α,β-unsaturated/α-hetero) is 1. The quantitative estimate of drug-likeness (QED) is 0.314. The molecule has 0 heterocycles. The summed E-state index contributed by atoms with van der Waals surface area (Å²) in [7, 11) is 0. The Labute approximate surface area is 101 Å². The fourth-order valence-electron chi connectivity index (χ4n) is 1.51. The second-order valence-corrected chi connectivity index (χ2v) is 3.35. The Bertz CT molecular complexity index is 366. The summed E-state index contributed by atoms with van der Waals surface area (Å²) in [5, 5.41) is 0. The van der Waals surface area contributed by atoms with E-state index < -0.39 is 11.6 Å². The molecule has 0 spiro atoms. The molecule has 0 radical (unpaired) electrons. The van der Waals surface area contributed by atoms with Crippen LogP contribution in [0.4, 0.5) is 0 Å². The molecule has 0 atom stereocenters. The van der Waals surface area contributed by atoms with E-state index in [1.54, 1.807) is 44.2 Å². The molecule has 17 heavy (non-hydrogen) atoms. The number of carbonyl (C=O) groups is 2. The van der Waals surface area contributed by atoms with Crippen LogP contribution in [0.5, 0.6) is 0 Å². The van der Waals surface area contributed by atoms with Crippen molar-refractivity contribution in [3.05, 3.63) is 35.9 Å². The van der Waals surface area contributed by atoms with Crippen molar-refractivity contribution in [2.24, 2.45) is 0 Å². The van der Waals surface area contributed by atoms with E-state index in [4.69, 9.17) is 9.47 Å². The Morgan fingerprint density at radius 2 is 1.71 bits per heavy atom. The molecule has 0 saturated heterocycles. The van der Waals surface area contributed by atoms with Crippen molar-refractivity contribution in [3.8, 4) is 0 Å². The first-order valence-corrected chi connectivity index (χ1v) is 5.54. The number of ketones is 1. The normalized spacial score (nSPS) is 11.2. The third-order valence-corrected chi connectivity index (χ3v) is 2.23. The fourth-order valence-corrected chi connectivity index (χ4v) is 1.51. The number of hydrogen-bond acceptors (Lipinski definition) is 4. The molecule has 92 valence electrons. The first-order valence-electron chi connectivity index (χ1n) is 5.54. The summed E-state index contributed by atoms with van der Waals surface area (Å²) in [4.78, 5) is 23.3. The number of benzene rings is 1. The van der Waals surface area contributed by atoms with Gasteiger partial charge in [0.2, 0.25) is 5.78 Å². The Kier molecular flexibility index (Phi) is 5.00. The van der Waals surface area contributed by atoms with Crippen LogP contribution in [0.25, 0.3) is 0 Å². The molecule has 4 heteroatoms. The van der Waals surface area contributed by atoms with Gasteiger partial charge in [0.05, 0.1) is 0 Å². The predicted molar refractivity (Wildman–Crippen MR) is 62.8 cm³/mol. The zero-order valence-corrected chi connectivity index (χ0v) is 10.0. The van der Waals surface area contributed by atoms with Crippen LogP contribution < -0.4 is 0 Å². The molecule has 0 aliphatic heterocycles. The summed E-state index contributed by atoms with van der Waals surface area (Å²) < 4.78 is 10.4. The van der Waals surface area contributed by atoms with E-state index >= 15 is 0 Å². The van der Waals surface area contributed by atoms with Crippen molar-refractivity contribution in [3.63, 3.8) is 0 Å². The van der Waals surface area contributed by atoms with Crippen molar-refractivity contribution in [1.29, 1.82) is 0 Å². The lowest BCUT2D eigenvalue weighted by Gasteiger charge is -2.25. The SMILES string of the molecule is CCOC(C=O)(OCC)C(=O)c1ccccc1. The first kappa shape index (κ1) is 13.5. The van der Waals surface area contributed by atoms with Gasteiger partial charge in [0.1, 0.15) is 0 Å². The molecule has 0 aromatic heterocycles. The van der Waals surface area contributed by atoms with Crippen molar-refractivity contribution in [1.82, 2.24) is 0 Å². The van der Waals surface area contributed by atoms with Crippen LogP contribution in [0, 0.1) is 0 Å². The number of hydrogen-bond donors (Lipinski definition) is 0. The van der Waals surface area contributed by atoms with E-state index in [1.807, 2.05) is 0 Å². The highest BCUT2D eigenvalue weighted by atomic mass is 16.7. The molecule has 1 aromatic rings. The minimum atomic E-state index is -1.81. The largest absolute Gasteiger partial charge is 0.338 e. The molecular weight excluding hydrogens is 220 g/mol. The number of rotatable bonds is 7. The van der Waals surface area contributed by atoms with Gasteiger partial charge >= 0.3 is 0 Å². The monoisotopic (exact) mass is 236 g/mol. The summed E-state index contributed by atoms with van der Waals surface area (Å²) in [6, 6.07) is 8.49. The summed E-state index contributed by atoms with van der Waals surface area (Å²) in [6.07, 6.45) is 0.412. The van der Waals surface area contributed by atoms with Gasteiger partial charge in [0.15, 0.2) is 6.29 Å². The van der Waals surface area contributed by atoms with Crippen LogP contribution in [0.3, 0.4) is 0 Å². The Hall–Kier alpha value is -1.52. The van der Waals surface area contributed by atoms with Gasteiger partial charge in [-0.2, -0.15) is 0 Å². The van der Waals surface area contributed by atoms with Crippen LogP contribution in [0.1, 0.15) is 24.2 Å². The van der Waals surface area contributed by atoms with E-state index in [9.17, 15) is 9.59 Å². The molecule has 0 unspecified atom stereocenters. The van der Waals surface area contributed by atoms with Crippen LogP contribution >= 0.6 is 0 Å². The highest BCUT2D eigenvalue weighted by Crippen LogP contribution is 2.18. The van der Waals surface area contributed by atoms with Crippen molar-refractivity contribution in [2.45, 2.75) is 19.6 Å². The average Bonchev–Trinajstić information content (AvgIpc) is 2.38. The van der Waals surface area contributed by atoms with Gasteiger partial charge in [-0.3, -0.25) is 9.59 Å². The van der Waals surface area contributed by atoms with Crippen LogP contribution in [0.15, 0.2) is 30.3 Å². The molecule has 0 amide bonds. The highest BCUT2D eigenvalue weighted by Gasteiger charge is 2.40. The Morgan fingerprint density at radius 1 is 1.18 bits per heavy atom. The maximum Gasteiger partial charge on any atom is 0.292 e. The molecule has 0 saturated carbocycles. The third-order valence-electron chi connectivity index (χ3n) is 2.23. The van der Waals surface area contributed by atoms with Crippen molar-refractivity contribution < 1.29 is 19.1 Å². The second kappa shape index (κ2) is 6.27. The van der Waals surface area contributed by atoms with Crippen LogP contribution in [0.2, 0.25) is 0 Å². The van der Waals surface area contributed by atoms with Gasteiger partial charge in [0, 0.05) is 18.8 Å². The maximum absolute atomic E-state index is 12.2. The molecule has 0 fully saturated rings. The zero-order chi connectivity index (χ0) is 12.7. The van der Waals surface area contributed by atoms with Crippen LogP contribution in [-0.2, 0) is 14.3 Å². The van der Waals surface area contributed by atoms with E-state index in [1.165, 1.54) is 0 Å². The van der Waals surface area contributed by atoms with E-state index in [2.05, 4.69) is 0 Å². The van der Waals surface area contributed by atoms with E-state index in [0.717, 1.165) is 0 Å². The summed E-state index contributed by atoms with van der Waals surface area (Å²) in [5.74, 6) is -2.29. The Morgan fingerprint density at radius 3 is 2.12 bits per heavy atom. The smallest absolute Gasteiger partial charge is 0.292 e. The average molecular weight is 236 g/mol. The van der Waals surface area contributed by atoms with Crippen molar-refractivity contribution in [2.75, 3.05) is 13.2 Å². The first-order chi connectivity index (χ1) is 8.20. The Balaban J connectivity index is 3.05. The lowest BCUT2D eigenvalue weighted by atomic mass is 10.0. The minimum absolute atomic E-state index is 0.220. The van der Waals surface area contributed by atoms with Gasteiger partial charge in [-0.15, -0.1) is 0 Å². The summed E-state index contributed by atoms with van der Waals surface area (Å²) in [5.41, 5.74) is 0.390. The minimum Gasteiger partial charge on any atom is -0.338 e. The van der Waals surface area contributed by atoms with Gasteiger partial charge in [-0.1, -0.05) is 30.3 Å². The lowest BCUT2D eigenvalue weighted by Crippen LogP contribution is -2.46. The molecule has 0 aliphatic carbocycles.